The summed E-state index contributed by atoms with van der Waals surface area (Å²) in [4.78, 5) is 7.64. The van der Waals surface area contributed by atoms with Gasteiger partial charge in [0.25, 0.3) is 0 Å². The summed E-state index contributed by atoms with van der Waals surface area (Å²) in [6, 6.07) is 6.51. The molecule has 0 atom stereocenters. The van der Waals surface area contributed by atoms with E-state index in [1.54, 1.807) is 7.05 Å². The van der Waals surface area contributed by atoms with Crippen molar-refractivity contribution in [1.82, 2.24) is 15.6 Å². The second-order valence-corrected chi connectivity index (χ2v) is 5.38. The molecule has 0 fully saturated rings. The molecule has 0 aliphatic carbocycles. The van der Waals surface area contributed by atoms with Crippen LogP contribution in [0.25, 0.3) is 10.9 Å². The van der Waals surface area contributed by atoms with Crippen LogP contribution in [-0.2, 0) is 17.6 Å². The van der Waals surface area contributed by atoms with Crippen LogP contribution in [0.2, 0.25) is 0 Å². The van der Waals surface area contributed by atoms with Gasteiger partial charge < -0.3 is 20.4 Å². The van der Waals surface area contributed by atoms with Gasteiger partial charge in [0.2, 0.25) is 0 Å². The van der Waals surface area contributed by atoms with Gasteiger partial charge >= 0.3 is 0 Å². The molecule has 1 aromatic carbocycles. The molecule has 0 radical (unpaired) electrons. The number of guanidine groups is 1. The Hall–Kier alpha value is -1.28. The van der Waals surface area contributed by atoms with Crippen molar-refractivity contribution in [3.63, 3.8) is 0 Å². The predicted molar refractivity (Wildman–Crippen MR) is 113 cm³/mol. The molecular formula is C18H29IN4O. The summed E-state index contributed by atoms with van der Waals surface area (Å²) in [6.45, 7) is 7.23. The average molecular weight is 444 g/mol. The number of nitrogens with one attached hydrogen (secondary N) is 3. The normalized spacial score (nSPS) is 11.4. The maximum atomic E-state index is 5.31. The van der Waals surface area contributed by atoms with E-state index in [0.717, 1.165) is 38.5 Å². The summed E-state index contributed by atoms with van der Waals surface area (Å²) in [7, 11) is 1.79. The van der Waals surface area contributed by atoms with Crippen LogP contribution in [0.15, 0.2) is 29.4 Å². The molecule has 0 aliphatic rings. The summed E-state index contributed by atoms with van der Waals surface area (Å²) in [5.41, 5.74) is 3.98. The number of benzene rings is 1. The molecule has 0 spiro atoms. The van der Waals surface area contributed by atoms with Gasteiger partial charge in [0, 0.05) is 43.8 Å². The van der Waals surface area contributed by atoms with Crippen molar-refractivity contribution in [2.24, 2.45) is 4.99 Å². The van der Waals surface area contributed by atoms with Gasteiger partial charge in [-0.15, -0.1) is 24.0 Å². The number of rotatable bonds is 8. The van der Waals surface area contributed by atoms with Gasteiger partial charge in [-0.3, -0.25) is 4.99 Å². The van der Waals surface area contributed by atoms with E-state index in [2.05, 4.69) is 51.9 Å². The van der Waals surface area contributed by atoms with Gasteiger partial charge in [-0.05, 0) is 30.9 Å². The molecule has 5 nitrogen and oxygen atoms in total. The first-order valence-corrected chi connectivity index (χ1v) is 8.40. The minimum Gasteiger partial charge on any atom is -0.380 e. The first-order chi connectivity index (χ1) is 11.3. The minimum atomic E-state index is 0. The number of H-pyrrole nitrogens is 1. The van der Waals surface area contributed by atoms with Crippen molar-refractivity contribution in [2.45, 2.75) is 26.7 Å². The predicted octanol–water partition coefficient (Wildman–Crippen LogP) is 3.09. The van der Waals surface area contributed by atoms with Crippen LogP contribution < -0.4 is 10.6 Å². The summed E-state index contributed by atoms with van der Waals surface area (Å²) < 4.78 is 5.31. The molecule has 0 aliphatic heterocycles. The lowest BCUT2D eigenvalue weighted by atomic mass is 10.1. The van der Waals surface area contributed by atoms with Crippen LogP contribution in [-0.4, -0.2) is 44.3 Å². The number of ether oxygens (including phenoxy) is 1. The van der Waals surface area contributed by atoms with Crippen LogP contribution in [0.5, 0.6) is 0 Å². The lowest BCUT2D eigenvalue weighted by Gasteiger charge is -2.11. The number of aliphatic imine (C=N–C) groups is 1. The minimum absolute atomic E-state index is 0. The molecule has 134 valence electrons. The van der Waals surface area contributed by atoms with E-state index in [1.807, 2.05) is 6.92 Å². The maximum absolute atomic E-state index is 5.31. The number of hydrogen-bond acceptors (Lipinski definition) is 2. The van der Waals surface area contributed by atoms with Crippen molar-refractivity contribution in [3.8, 4) is 0 Å². The van der Waals surface area contributed by atoms with E-state index in [9.17, 15) is 0 Å². The van der Waals surface area contributed by atoms with Gasteiger partial charge in [0.1, 0.15) is 0 Å². The molecule has 6 heteroatoms. The Labute approximate surface area is 161 Å². The van der Waals surface area contributed by atoms with E-state index in [-0.39, 0.29) is 24.0 Å². The van der Waals surface area contributed by atoms with Crippen molar-refractivity contribution in [1.29, 1.82) is 0 Å². The Kier molecular flexibility index (Phi) is 9.78. The molecule has 1 aromatic heterocycles. The second-order valence-electron chi connectivity index (χ2n) is 5.38. The number of para-hydroxylation sites is 1. The van der Waals surface area contributed by atoms with Gasteiger partial charge in [0.05, 0.1) is 6.61 Å². The number of hydrogen-bond donors (Lipinski definition) is 3. The third-order valence-electron chi connectivity index (χ3n) is 3.92. The zero-order valence-electron chi connectivity index (χ0n) is 14.8. The standard InChI is InChI=1S/C18H28N4O.HI/c1-4-14-7-6-8-16-15(13-22-17(14)16)9-10-20-18(19-3)21-11-12-23-5-2;/h6-8,13,22H,4-5,9-12H2,1-3H3,(H2,19,20,21);1H. The van der Waals surface area contributed by atoms with Crippen LogP contribution in [0.1, 0.15) is 25.0 Å². The molecule has 0 saturated heterocycles. The first kappa shape index (κ1) is 20.8. The highest BCUT2D eigenvalue weighted by atomic mass is 127. The van der Waals surface area contributed by atoms with Gasteiger partial charge in [-0.1, -0.05) is 25.1 Å². The maximum Gasteiger partial charge on any atom is 0.191 e. The molecule has 0 unspecified atom stereocenters. The Morgan fingerprint density at radius 2 is 1.96 bits per heavy atom. The molecule has 0 saturated carbocycles. The van der Waals surface area contributed by atoms with Gasteiger partial charge in [-0.2, -0.15) is 0 Å². The lowest BCUT2D eigenvalue weighted by molar-refractivity contribution is 0.152. The molecule has 24 heavy (non-hydrogen) atoms. The van der Waals surface area contributed by atoms with Crippen LogP contribution in [0.4, 0.5) is 0 Å². The van der Waals surface area contributed by atoms with Gasteiger partial charge in [-0.25, -0.2) is 0 Å². The summed E-state index contributed by atoms with van der Waals surface area (Å²) in [5.74, 6) is 0.818. The summed E-state index contributed by atoms with van der Waals surface area (Å²) >= 11 is 0. The smallest absolute Gasteiger partial charge is 0.191 e. The quantitative estimate of drug-likeness (QED) is 0.254. The van der Waals surface area contributed by atoms with Crippen LogP contribution in [0.3, 0.4) is 0 Å². The number of fused-ring (bicyclic) bond motifs is 1. The van der Waals surface area contributed by atoms with E-state index in [1.165, 1.54) is 22.0 Å². The molecule has 2 rings (SSSR count). The van der Waals surface area contributed by atoms with E-state index >= 15 is 0 Å². The Bertz CT molecular complexity index is 639. The third-order valence-corrected chi connectivity index (χ3v) is 3.92. The third kappa shape index (κ3) is 5.66. The summed E-state index contributed by atoms with van der Waals surface area (Å²) in [6.07, 6.45) is 4.13. The fraction of sp³-hybridized carbons (Fsp3) is 0.500. The van der Waals surface area contributed by atoms with Gasteiger partial charge in [0.15, 0.2) is 5.96 Å². The zero-order valence-corrected chi connectivity index (χ0v) is 17.1. The fourth-order valence-electron chi connectivity index (χ4n) is 2.70. The lowest BCUT2D eigenvalue weighted by Crippen LogP contribution is -2.39. The number of nitrogens with zero attached hydrogens (tertiary/aromatic N) is 1. The van der Waals surface area contributed by atoms with Crippen molar-refractivity contribution in [2.75, 3.05) is 33.4 Å². The average Bonchev–Trinajstić information content (AvgIpc) is 3.00. The fourth-order valence-corrected chi connectivity index (χ4v) is 2.70. The zero-order chi connectivity index (χ0) is 16.5. The van der Waals surface area contributed by atoms with Crippen molar-refractivity contribution < 1.29 is 4.74 Å². The van der Waals surface area contributed by atoms with E-state index < -0.39 is 0 Å². The van der Waals surface area contributed by atoms with Crippen LogP contribution >= 0.6 is 24.0 Å². The molecule has 0 amide bonds. The summed E-state index contributed by atoms with van der Waals surface area (Å²) in [5, 5.41) is 7.92. The number of aromatic nitrogens is 1. The molecule has 3 N–H and O–H groups in total. The molecule has 1 heterocycles. The molecule has 2 aromatic rings. The van der Waals surface area contributed by atoms with Crippen molar-refractivity contribution >= 4 is 40.8 Å². The number of aryl methyl sites for hydroxylation is 1. The first-order valence-electron chi connectivity index (χ1n) is 8.40. The largest absolute Gasteiger partial charge is 0.380 e. The highest BCUT2D eigenvalue weighted by Crippen LogP contribution is 2.22. The highest BCUT2D eigenvalue weighted by molar-refractivity contribution is 14.0. The Morgan fingerprint density at radius 3 is 2.67 bits per heavy atom. The number of aromatic amines is 1. The van der Waals surface area contributed by atoms with E-state index in [0.29, 0.717) is 6.61 Å². The number of halogens is 1. The topological polar surface area (TPSA) is 61.4 Å². The SMILES string of the molecule is CCOCCNC(=NC)NCCc1c[nH]c2c(CC)cccc12.I. The highest BCUT2D eigenvalue weighted by Gasteiger charge is 2.06. The van der Waals surface area contributed by atoms with Crippen molar-refractivity contribution in [3.05, 3.63) is 35.5 Å². The monoisotopic (exact) mass is 444 g/mol. The Morgan fingerprint density at radius 1 is 1.17 bits per heavy atom. The molecular weight excluding hydrogens is 415 g/mol. The Balaban J connectivity index is 0.00000288. The van der Waals surface area contributed by atoms with Crippen LogP contribution in [0, 0.1) is 0 Å². The van der Waals surface area contributed by atoms with E-state index in [4.69, 9.17) is 4.74 Å². The second kappa shape index (κ2) is 11.3. The molecule has 0 bridgehead atoms.